The largest absolute Gasteiger partial charge is 0.353 e. The Hall–Kier alpha value is -1.65. The standard InChI is InChI=1S/C22H26ClN3S/c1-4-17-7-5-6-12-26(17)20-19-18(13-27-21(19)25-22(23)24-20)16-10-8-15(9-11-16)14(2)3/h8-11,13-14,17H,4-7,12H2,1-3H3. The lowest BCUT2D eigenvalue weighted by Gasteiger charge is -2.36. The number of piperidine rings is 1. The summed E-state index contributed by atoms with van der Waals surface area (Å²) in [7, 11) is 0. The summed E-state index contributed by atoms with van der Waals surface area (Å²) in [6.07, 6.45) is 4.86. The summed E-state index contributed by atoms with van der Waals surface area (Å²) in [5, 5.41) is 3.71. The van der Waals surface area contributed by atoms with Crippen molar-refractivity contribution in [1.82, 2.24) is 9.97 Å². The van der Waals surface area contributed by atoms with E-state index >= 15 is 0 Å². The molecule has 0 radical (unpaired) electrons. The van der Waals surface area contributed by atoms with Gasteiger partial charge in [-0.15, -0.1) is 11.3 Å². The minimum atomic E-state index is 0.349. The second kappa shape index (κ2) is 7.76. The van der Waals surface area contributed by atoms with Crippen LogP contribution in [0.4, 0.5) is 5.82 Å². The molecule has 1 saturated heterocycles. The van der Waals surface area contributed by atoms with Gasteiger partial charge in [0, 0.05) is 23.5 Å². The first-order valence-electron chi connectivity index (χ1n) is 9.90. The fraction of sp³-hybridized carbons (Fsp3) is 0.455. The van der Waals surface area contributed by atoms with Gasteiger partial charge in [-0.3, -0.25) is 0 Å². The highest BCUT2D eigenvalue weighted by molar-refractivity contribution is 7.17. The topological polar surface area (TPSA) is 29.0 Å². The van der Waals surface area contributed by atoms with Crippen molar-refractivity contribution in [3.8, 4) is 11.1 Å². The molecule has 1 fully saturated rings. The van der Waals surface area contributed by atoms with Gasteiger partial charge in [0.05, 0.1) is 5.39 Å². The van der Waals surface area contributed by atoms with E-state index in [2.05, 4.69) is 60.3 Å². The highest BCUT2D eigenvalue weighted by atomic mass is 35.5. The van der Waals surface area contributed by atoms with Crippen LogP contribution in [0, 0.1) is 0 Å². The fourth-order valence-electron chi connectivity index (χ4n) is 4.07. The van der Waals surface area contributed by atoms with E-state index in [9.17, 15) is 0 Å². The van der Waals surface area contributed by atoms with Crippen LogP contribution in [0.3, 0.4) is 0 Å². The van der Waals surface area contributed by atoms with Crippen LogP contribution >= 0.6 is 22.9 Å². The van der Waals surface area contributed by atoms with Crippen LogP contribution in [0.15, 0.2) is 29.6 Å². The number of halogens is 1. The zero-order chi connectivity index (χ0) is 19.0. The number of benzene rings is 1. The van der Waals surface area contributed by atoms with Crippen LogP contribution in [-0.2, 0) is 0 Å². The predicted octanol–water partition coefficient (Wildman–Crippen LogP) is 6.90. The number of hydrogen-bond acceptors (Lipinski definition) is 4. The van der Waals surface area contributed by atoms with E-state index in [0.717, 1.165) is 29.0 Å². The van der Waals surface area contributed by atoms with Gasteiger partial charge in [-0.2, -0.15) is 4.98 Å². The van der Waals surface area contributed by atoms with Crippen molar-refractivity contribution < 1.29 is 0 Å². The molecule has 27 heavy (non-hydrogen) atoms. The highest BCUT2D eigenvalue weighted by Gasteiger charge is 2.26. The smallest absolute Gasteiger partial charge is 0.225 e. The summed E-state index contributed by atoms with van der Waals surface area (Å²) in [5.41, 5.74) is 3.81. The van der Waals surface area contributed by atoms with Gasteiger partial charge < -0.3 is 4.90 Å². The molecule has 142 valence electrons. The molecule has 3 aromatic rings. The molecule has 0 bridgehead atoms. The Morgan fingerprint density at radius 3 is 2.67 bits per heavy atom. The van der Waals surface area contributed by atoms with Crippen molar-refractivity contribution in [2.24, 2.45) is 0 Å². The molecule has 0 N–H and O–H groups in total. The zero-order valence-electron chi connectivity index (χ0n) is 16.2. The molecule has 4 rings (SSSR count). The maximum absolute atomic E-state index is 6.30. The van der Waals surface area contributed by atoms with Gasteiger partial charge in [0.15, 0.2) is 0 Å². The number of rotatable bonds is 4. The first kappa shape index (κ1) is 18.7. The van der Waals surface area contributed by atoms with E-state index in [4.69, 9.17) is 16.6 Å². The van der Waals surface area contributed by atoms with Crippen LogP contribution < -0.4 is 4.90 Å². The SMILES string of the molecule is CCC1CCCCN1c1nc(Cl)nc2scc(-c3ccc(C(C)C)cc3)c12. The summed E-state index contributed by atoms with van der Waals surface area (Å²) in [4.78, 5) is 12.7. The molecule has 3 heterocycles. The van der Waals surface area contributed by atoms with Gasteiger partial charge in [-0.1, -0.05) is 45.0 Å². The molecule has 1 atom stereocenters. The minimum absolute atomic E-state index is 0.349. The lowest BCUT2D eigenvalue weighted by molar-refractivity contribution is 0.448. The predicted molar refractivity (Wildman–Crippen MR) is 117 cm³/mol. The average Bonchev–Trinajstić information content (AvgIpc) is 3.11. The minimum Gasteiger partial charge on any atom is -0.353 e. The molecule has 5 heteroatoms. The van der Waals surface area contributed by atoms with Crippen molar-refractivity contribution in [2.75, 3.05) is 11.4 Å². The van der Waals surface area contributed by atoms with Crippen LogP contribution in [0.1, 0.15) is 57.9 Å². The van der Waals surface area contributed by atoms with Crippen LogP contribution in [0.5, 0.6) is 0 Å². The number of nitrogens with zero attached hydrogens (tertiary/aromatic N) is 3. The van der Waals surface area contributed by atoms with Crippen LogP contribution in [0.2, 0.25) is 5.28 Å². The molecule has 3 nitrogen and oxygen atoms in total. The lowest BCUT2D eigenvalue weighted by atomic mass is 9.97. The van der Waals surface area contributed by atoms with Crippen LogP contribution in [-0.4, -0.2) is 22.6 Å². The van der Waals surface area contributed by atoms with Crippen molar-refractivity contribution in [3.05, 3.63) is 40.5 Å². The highest BCUT2D eigenvalue weighted by Crippen LogP contribution is 2.41. The molecule has 1 aromatic carbocycles. The van der Waals surface area contributed by atoms with Gasteiger partial charge in [0.1, 0.15) is 10.6 Å². The number of fused-ring (bicyclic) bond motifs is 1. The number of aromatic nitrogens is 2. The first-order valence-corrected chi connectivity index (χ1v) is 11.2. The molecule has 1 aliphatic rings. The third-order valence-corrected chi connectivity index (χ3v) is 6.69. The van der Waals surface area contributed by atoms with E-state index < -0.39 is 0 Å². The fourth-order valence-corrected chi connectivity index (χ4v) is 5.23. The normalized spacial score (nSPS) is 17.8. The maximum atomic E-state index is 6.30. The van der Waals surface area contributed by atoms with E-state index in [-0.39, 0.29) is 0 Å². The Balaban J connectivity index is 1.85. The summed E-state index contributed by atoms with van der Waals surface area (Å²) in [5.74, 6) is 1.55. The van der Waals surface area contributed by atoms with Crippen LogP contribution in [0.25, 0.3) is 21.3 Å². The van der Waals surface area contributed by atoms with Gasteiger partial charge in [0.25, 0.3) is 0 Å². The maximum Gasteiger partial charge on any atom is 0.225 e. The molecular weight excluding hydrogens is 374 g/mol. The molecular formula is C22H26ClN3S. The Labute approximate surface area is 170 Å². The van der Waals surface area contributed by atoms with Gasteiger partial charge in [-0.25, -0.2) is 4.98 Å². The average molecular weight is 400 g/mol. The second-order valence-corrected chi connectivity index (χ2v) is 8.87. The summed E-state index contributed by atoms with van der Waals surface area (Å²) in [6, 6.07) is 9.44. The first-order chi connectivity index (χ1) is 13.1. The van der Waals surface area contributed by atoms with E-state index in [1.54, 1.807) is 11.3 Å². The monoisotopic (exact) mass is 399 g/mol. The molecule has 0 saturated carbocycles. The number of anilines is 1. The summed E-state index contributed by atoms with van der Waals surface area (Å²) < 4.78 is 0. The Morgan fingerprint density at radius 2 is 1.96 bits per heavy atom. The molecule has 0 aliphatic carbocycles. The molecule has 1 aliphatic heterocycles. The van der Waals surface area contributed by atoms with Crippen molar-refractivity contribution in [1.29, 1.82) is 0 Å². The Bertz CT molecular complexity index is 933. The summed E-state index contributed by atoms with van der Waals surface area (Å²) >= 11 is 7.96. The molecule has 1 unspecified atom stereocenters. The molecule has 2 aromatic heterocycles. The molecule has 0 amide bonds. The third-order valence-electron chi connectivity index (χ3n) is 5.65. The summed E-state index contributed by atoms with van der Waals surface area (Å²) in [6.45, 7) is 7.76. The van der Waals surface area contributed by atoms with Gasteiger partial charge >= 0.3 is 0 Å². The van der Waals surface area contributed by atoms with Crippen molar-refractivity contribution in [2.45, 2.75) is 58.4 Å². The number of thiophene rings is 1. The zero-order valence-corrected chi connectivity index (χ0v) is 17.8. The van der Waals surface area contributed by atoms with Gasteiger partial charge in [-0.05, 0) is 54.3 Å². The van der Waals surface area contributed by atoms with E-state index in [0.29, 0.717) is 17.2 Å². The van der Waals surface area contributed by atoms with Crippen molar-refractivity contribution in [3.63, 3.8) is 0 Å². The quantitative estimate of drug-likeness (QED) is 0.446. The van der Waals surface area contributed by atoms with Gasteiger partial charge in [0.2, 0.25) is 5.28 Å². The number of hydrogen-bond donors (Lipinski definition) is 0. The van der Waals surface area contributed by atoms with E-state index in [1.807, 2.05) is 0 Å². The Kier molecular flexibility index (Phi) is 5.38. The molecule has 0 spiro atoms. The third kappa shape index (κ3) is 3.57. The second-order valence-electron chi connectivity index (χ2n) is 7.67. The van der Waals surface area contributed by atoms with E-state index in [1.165, 1.54) is 36.0 Å². The Morgan fingerprint density at radius 1 is 1.19 bits per heavy atom. The lowest BCUT2D eigenvalue weighted by Crippen LogP contribution is -2.39. The van der Waals surface area contributed by atoms with Crippen molar-refractivity contribution >= 4 is 39.0 Å².